The van der Waals surface area contributed by atoms with Crippen molar-refractivity contribution < 1.29 is 4.79 Å². The third kappa shape index (κ3) is 3.42. The number of hydrogen-bond acceptors (Lipinski definition) is 3. The Hall–Kier alpha value is -2.69. The van der Waals surface area contributed by atoms with Gasteiger partial charge in [-0.3, -0.25) is 4.79 Å². The molecule has 4 aliphatic rings. The second kappa shape index (κ2) is 7.43. The molecule has 0 spiro atoms. The van der Waals surface area contributed by atoms with E-state index in [0.717, 1.165) is 52.2 Å². The molecule has 4 saturated carbocycles. The molecule has 0 saturated heterocycles. The van der Waals surface area contributed by atoms with Crippen LogP contribution in [0.1, 0.15) is 49.8 Å². The Morgan fingerprint density at radius 1 is 1.09 bits per heavy atom. The van der Waals surface area contributed by atoms with Gasteiger partial charge in [-0.1, -0.05) is 29.8 Å². The van der Waals surface area contributed by atoms with Gasteiger partial charge in [0.05, 0.1) is 5.69 Å². The van der Waals surface area contributed by atoms with Crippen LogP contribution in [0.3, 0.4) is 0 Å². The Labute approximate surface area is 189 Å². The van der Waals surface area contributed by atoms with Crippen LogP contribution in [0, 0.1) is 37.0 Å². The van der Waals surface area contributed by atoms with E-state index in [9.17, 15) is 4.79 Å². The zero-order valence-electron chi connectivity index (χ0n) is 19.1. The highest BCUT2D eigenvalue weighted by Gasteiger charge is 2.50. The van der Waals surface area contributed by atoms with Crippen molar-refractivity contribution in [1.82, 2.24) is 20.1 Å². The number of fused-ring (bicyclic) bond motifs is 1. The van der Waals surface area contributed by atoms with Crippen molar-refractivity contribution in [3.63, 3.8) is 0 Å². The number of carbonyl (C=O) groups is 1. The van der Waals surface area contributed by atoms with Gasteiger partial charge in [0.1, 0.15) is 6.54 Å². The van der Waals surface area contributed by atoms with Crippen molar-refractivity contribution in [2.24, 2.45) is 23.2 Å². The number of nitrogens with zero attached hydrogens (tertiary/aromatic N) is 3. The first-order valence-electron chi connectivity index (χ1n) is 12.1. The SMILES string of the molecule is Cc1cccc(-c2ccnc3c2c(C)nn3CC(=O)NCC23CC4CC(CC(C4)C2)C3)c1. The summed E-state index contributed by atoms with van der Waals surface area (Å²) in [6.07, 6.45) is 10.0. The fraction of sp³-hybridized carbons (Fsp3) is 0.519. The molecule has 5 heteroatoms. The van der Waals surface area contributed by atoms with E-state index in [0.29, 0.717) is 5.41 Å². The predicted molar refractivity (Wildman–Crippen MR) is 126 cm³/mol. The molecule has 166 valence electrons. The van der Waals surface area contributed by atoms with Crippen LogP contribution in [0.25, 0.3) is 22.2 Å². The Kier molecular flexibility index (Phi) is 4.63. The first kappa shape index (κ1) is 20.0. The van der Waals surface area contributed by atoms with Gasteiger partial charge in [-0.05, 0) is 92.7 Å². The van der Waals surface area contributed by atoms with Crippen LogP contribution in [-0.4, -0.2) is 27.2 Å². The molecule has 4 bridgehead atoms. The van der Waals surface area contributed by atoms with E-state index < -0.39 is 0 Å². The summed E-state index contributed by atoms with van der Waals surface area (Å²) in [7, 11) is 0. The number of aromatic nitrogens is 3. The van der Waals surface area contributed by atoms with Crippen molar-refractivity contribution in [1.29, 1.82) is 0 Å². The normalized spacial score (nSPS) is 28.4. The average molecular weight is 429 g/mol. The number of rotatable bonds is 5. The Morgan fingerprint density at radius 3 is 2.50 bits per heavy atom. The molecule has 32 heavy (non-hydrogen) atoms. The molecule has 4 aliphatic carbocycles. The van der Waals surface area contributed by atoms with Gasteiger partial charge in [0.2, 0.25) is 5.91 Å². The Morgan fingerprint density at radius 2 is 1.81 bits per heavy atom. The fourth-order valence-corrected chi connectivity index (χ4v) is 7.43. The van der Waals surface area contributed by atoms with Gasteiger partial charge in [0.25, 0.3) is 0 Å². The Bertz CT molecular complexity index is 1160. The summed E-state index contributed by atoms with van der Waals surface area (Å²) in [6, 6.07) is 10.5. The average Bonchev–Trinajstić information content (AvgIpc) is 3.07. The van der Waals surface area contributed by atoms with E-state index in [1.807, 2.05) is 19.2 Å². The molecule has 0 aliphatic heterocycles. The molecule has 3 aromatic rings. The predicted octanol–water partition coefficient (Wildman–Crippen LogP) is 5.05. The molecule has 1 N–H and O–H groups in total. The van der Waals surface area contributed by atoms with Crippen LogP contribution < -0.4 is 5.32 Å². The summed E-state index contributed by atoms with van der Waals surface area (Å²) in [5.41, 5.74) is 5.55. The first-order valence-corrected chi connectivity index (χ1v) is 12.1. The van der Waals surface area contributed by atoms with Gasteiger partial charge in [-0.15, -0.1) is 0 Å². The summed E-state index contributed by atoms with van der Waals surface area (Å²) in [5, 5.41) is 9.03. The highest BCUT2D eigenvalue weighted by atomic mass is 16.2. The molecule has 5 nitrogen and oxygen atoms in total. The fourth-order valence-electron chi connectivity index (χ4n) is 7.43. The lowest BCUT2D eigenvalue weighted by atomic mass is 9.49. The van der Waals surface area contributed by atoms with Gasteiger partial charge < -0.3 is 5.32 Å². The van der Waals surface area contributed by atoms with Crippen LogP contribution in [0.2, 0.25) is 0 Å². The highest BCUT2D eigenvalue weighted by molar-refractivity contribution is 5.95. The lowest BCUT2D eigenvalue weighted by Gasteiger charge is -2.56. The lowest BCUT2D eigenvalue weighted by molar-refractivity contribution is -0.124. The van der Waals surface area contributed by atoms with E-state index in [4.69, 9.17) is 5.10 Å². The first-order chi connectivity index (χ1) is 15.5. The summed E-state index contributed by atoms with van der Waals surface area (Å²) < 4.78 is 1.78. The molecule has 0 unspecified atom stereocenters. The number of carbonyl (C=O) groups excluding carboxylic acids is 1. The maximum atomic E-state index is 13.0. The summed E-state index contributed by atoms with van der Waals surface area (Å²) in [6.45, 7) is 5.16. The largest absolute Gasteiger partial charge is 0.354 e. The van der Waals surface area contributed by atoms with Crippen molar-refractivity contribution in [3.05, 3.63) is 47.8 Å². The van der Waals surface area contributed by atoms with Crippen molar-refractivity contribution in [2.45, 2.75) is 58.9 Å². The molecule has 1 amide bonds. The van der Waals surface area contributed by atoms with Crippen molar-refractivity contribution in [3.8, 4) is 11.1 Å². The minimum absolute atomic E-state index is 0.0490. The maximum absolute atomic E-state index is 13.0. The van der Waals surface area contributed by atoms with E-state index in [-0.39, 0.29) is 12.5 Å². The summed E-state index contributed by atoms with van der Waals surface area (Å²) in [5.74, 6) is 2.76. The van der Waals surface area contributed by atoms with Crippen LogP contribution in [0.4, 0.5) is 0 Å². The van der Waals surface area contributed by atoms with Gasteiger partial charge in [0.15, 0.2) is 5.65 Å². The molecule has 7 rings (SSSR count). The van der Waals surface area contributed by atoms with Crippen LogP contribution >= 0.6 is 0 Å². The maximum Gasteiger partial charge on any atom is 0.241 e. The van der Waals surface area contributed by atoms with Crippen LogP contribution in [-0.2, 0) is 11.3 Å². The molecule has 1 aromatic carbocycles. The number of aryl methyl sites for hydroxylation is 2. The zero-order valence-corrected chi connectivity index (χ0v) is 19.1. The molecule has 0 radical (unpaired) electrons. The molecular formula is C27H32N4O. The quantitative estimate of drug-likeness (QED) is 0.619. The van der Waals surface area contributed by atoms with Crippen molar-refractivity contribution >= 4 is 16.9 Å². The molecule has 2 aromatic heterocycles. The van der Waals surface area contributed by atoms with E-state index in [2.05, 4.69) is 41.5 Å². The molecule has 4 fully saturated rings. The van der Waals surface area contributed by atoms with E-state index >= 15 is 0 Å². The second-order valence-corrected chi connectivity index (χ2v) is 10.9. The summed E-state index contributed by atoms with van der Waals surface area (Å²) >= 11 is 0. The molecule has 0 atom stereocenters. The Balaban J connectivity index is 1.21. The smallest absolute Gasteiger partial charge is 0.241 e. The van der Waals surface area contributed by atoms with Gasteiger partial charge in [-0.25, -0.2) is 9.67 Å². The monoisotopic (exact) mass is 428 g/mol. The topological polar surface area (TPSA) is 59.8 Å². The lowest BCUT2D eigenvalue weighted by Crippen LogP contribution is -2.51. The van der Waals surface area contributed by atoms with Crippen LogP contribution in [0.15, 0.2) is 36.5 Å². The molecular weight excluding hydrogens is 396 g/mol. The minimum atomic E-state index is 0.0490. The standard InChI is InChI=1S/C27H32N4O/c1-17-4-3-5-22(8-17)23-6-7-28-26-25(23)18(2)30-31(26)15-24(32)29-16-27-12-19-9-20(13-27)11-21(10-19)14-27/h3-8,19-21H,9-16H2,1-2H3,(H,29,32). The van der Waals surface area contributed by atoms with Gasteiger partial charge in [0, 0.05) is 18.1 Å². The number of amides is 1. The van der Waals surface area contributed by atoms with Gasteiger partial charge in [-0.2, -0.15) is 5.10 Å². The second-order valence-electron chi connectivity index (χ2n) is 10.9. The third-order valence-corrected chi connectivity index (χ3v) is 8.26. The number of hydrogen-bond donors (Lipinski definition) is 1. The van der Waals surface area contributed by atoms with E-state index in [1.165, 1.54) is 44.1 Å². The summed E-state index contributed by atoms with van der Waals surface area (Å²) in [4.78, 5) is 17.6. The third-order valence-electron chi connectivity index (χ3n) is 8.26. The number of benzene rings is 1. The van der Waals surface area contributed by atoms with Crippen LogP contribution in [0.5, 0.6) is 0 Å². The number of pyridine rings is 1. The molecule has 2 heterocycles. The zero-order chi connectivity index (χ0) is 21.9. The number of nitrogens with one attached hydrogen (secondary N) is 1. The van der Waals surface area contributed by atoms with Crippen molar-refractivity contribution in [2.75, 3.05) is 6.54 Å². The van der Waals surface area contributed by atoms with Gasteiger partial charge >= 0.3 is 0 Å². The highest BCUT2D eigenvalue weighted by Crippen LogP contribution is 2.59. The minimum Gasteiger partial charge on any atom is -0.354 e. The van der Waals surface area contributed by atoms with E-state index in [1.54, 1.807) is 4.68 Å².